The highest BCUT2D eigenvalue weighted by Crippen LogP contribution is 2.24. The highest BCUT2D eigenvalue weighted by molar-refractivity contribution is 9.10. The van der Waals surface area contributed by atoms with Crippen molar-refractivity contribution < 1.29 is 0 Å². The lowest BCUT2D eigenvalue weighted by atomic mass is 10.1. The Kier molecular flexibility index (Phi) is 3.00. The van der Waals surface area contributed by atoms with Crippen LogP contribution in [0.15, 0.2) is 33.5 Å². The van der Waals surface area contributed by atoms with Gasteiger partial charge in [-0.3, -0.25) is 5.10 Å². The lowest BCUT2D eigenvalue weighted by Crippen LogP contribution is -2.12. The fourth-order valence-electron chi connectivity index (χ4n) is 1.92. The number of hydrogen-bond donors (Lipinski definition) is 2. The van der Waals surface area contributed by atoms with Gasteiger partial charge in [0, 0.05) is 10.0 Å². The summed E-state index contributed by atoms with van der Waals surface area (Å²) in [4.78, 5) is 15.8. The number of nitrogens with zero attached hydrogens (tertiary/aromatic N) is 3. The summed E-state index contributed by atoms with van der Waals surface area (Å²) in [5.74, 6) is 0. The molecule has 2 aromatic heterocycles. The Morgan fingerprint density at radius 2 is 2.00 bits per heavy atom. The van der Waals surface area contributed by atoms with E-state index >= 15 is 0 Å². The molecule has 98 valence electrons. The van der Waals surface area contributed by atoms with Crippen LogP contribution in [0.4, 0.5) is 0 Å². The third kappa shape index (κ3) is 1.88. The summed E-state index contributed by atoms with van der Waals surface area (Å²) in [5, 5.41) is 14.4. The van der Waals surface area contributed by atoms with E-state index in [0.717, 1.165) is 14.4 Å². The first-order valence-electron chi connectivity index (χ1n) is 5.51. The molecule has 0 aliphatic heterocycles. The maximum atomic E-state index is 11.6. The lowest BCUT2D eigenvalue weighted by Gasteiger charge is -2.04. The van der Waals surface area contributed by atoms with Gasteiger partial charge >= 0.3 is 5.69 Å². The topological polar surface area (TPSA) is 89.7 Å². The van der Waals surface area contributed by atoms with Crippen LogP contribution in [0.25, 0.3) is 16.9 Å². The van der Waals surface area contributed by atoms with Crippen LogP contribution in [-0.4, -0.2) is 19.6 Å². The number of fused-ring (bicyclic) bond motifs is 1. The Morgan fingerprint density at radius 3 is 2.65 bits per heavy atom. The standard InChI is InChI=1S/C12H6BrN5OS/c13-7-3-1-6(2-4-7)9-8(5-14)10-16-17-11(19)18(10)12(20)15-9/h1-4,16H,(H,17,19). The summed E-state index contributed by atoms with van der Waals surface area (Å²) in [6.45, 7) is 0. The summed E-state index contributed by atoms with van der Waals surface area (Å²) in [6.07, 6.45) is 0. The molecule has 0 saturated carbocycles. The molecular weight excluding hydrogens is 342 g/mol. The van der Waals surface area contributed by atoms with E-state index in [-0.39, 0.29) is 10.3 Å². The fourth-order valence-corrected chi connectivity index (χ4v) is 2.45. The Labute approximate surface area is 125 Å². The largest absolute Gasteiger partial charge is 0.348 e. The highest BCUT2D eigenvalue weighted by Gasteiger charge is 2.15. The summed E-state index contributed by atoms with van der Waals surface area (Å²) in [6, 6.07) is 9.40. The van der Waals surface area contributed by atoms with Crippen LogP contribution in [0.3, 0.4) is 0 Å². The summed E-state index contributed by atoms with van der Waals surface area (Å²) < 4.78 is 2.18. The van der Waals surface area contributed by atoms with Gasteiger partial charge in [0.25, 0.3) is 0 Å². The molecule has 0 atom stereocenters. The molecular formula is C12H6BrN5OS. The van der Waals surface area contributed by atoms with Gasteiger partial charge in [0.2, 0.25) is 4.77 Å². The Morgan fingerprint density at radius 1 is 1.30 bits per heavy atom. The van der Waals surface area contributed by atoms with Crippen LogP contribution < -0.4 is 5.69 Å². The number of nitrogens with one attached hydrogen (secondary N) is 2. The van der Waals surface area contributed by atoms with Crippen LogP contribution in [0.5, 0.6) is 0 Å². The molecule has 3 rings (SSSR count). The fraction of sp³-hybridized carbons (Fsp3) is 0. The maximum Gasteiger partial charge on any atom is 0.348 e. The minimum Gasteiger partial charge on any atom is -0.280 e. The minimum absolute atomic E-state index is 0.0967. The Hall–Kier alpha value is -2.24. The van der Waals surface area contributed by atoms with Gasteiger partial charge in [-0.15, -0.1) is 0 Å². The van der Waals surface area contributed by atoms with Gasteiger partial charge in [-0.1, -0.05) is 28.1 Å². The van der Waals surface area contributed by atoms with E-state index in [1.165, 1.54) is 0 Å². The number of nitriles is 1. The first kappa shape index (κ1) is 12.8. The van der Waals surface area contributed by atoms with E-state index in [1.54, 1.807) is 0 Å². The Bertz CT molecular complexity index is 961. The molecule has 0 bridgehead atoms. The molecule has 1 aromatic carbocycles. The van der Waals surface area contributed by atoms with Gasteiger partial charge in [-0.05, 0) is 24.4 Å². The molecule has 0 radical (unpaired) electrons. The van der Waals surface area contributed by atoms with Crippen LogP contribution in [0.2, 0.25) is 0 Å². The van der Waals surface area contributed by atoms with Crippen molar-refractivity contribution in [2.75, 3.05) is 0 Å². The number of hydrogen-bond acceptors (Lipinski definition) is 4. The molecule has 8 heteroatoms. The van der Waals surface area contributed by atoms with E-state index in [2.05, 4.69) is 37.2 Å². The number of rotatable bonds is 1. The zero-order chi connectivity index (χ0) is 14.3. The molecule has 3 aromatic rings. The van der Waals surface area contributed by atoms with Gasteiger partial charge in [-0.25, -0.2) is 19.3 Å². The quantitative estimate of drug-likeness (QED) is 0.661. The minimum atomic E-state index is -0.448. The van der Waals surface area contributed by atoms with Gasteiger partial charge in [-0.2, -0.15) is 5.26 Å². The van der Waals surface area contributed by atoms with Gasteiger partial charge < -0.3 is 0 Å². The molecule has 0 aliphatic carbocycles. The highest BCUT2D eigenvalue weighted by atomic mass is 79.9. The average Bonchev–Trinajstić information content (AvgIpc) is 2.82. The van der Waals surface area contributed by atoms with Crippen molar-refractivity contribution in [3.8, 4) is 17.3 Å². The average molecular weight is 348 g/mol. The van der Waals surface area contributed by atoms with E-state index in [0.29, 0.717) is 11.3 Å². The molecule has 2 heterocycles. The summed E-state index contributed by atoms with van der Waals surface area (Å²) >= 11 is 8.46. The number of halogens is 1. The van der Waals surface area contributed by atoms with Gasteiger partial charge in [0.15, 0.2) is 5.65 Å². The van der Waals surface area contributed by atoms with Crippen LogP contribution in [-0.2, 0) is 0 Å². The van der Waals surface area contributed by atoms with E-state index in [4.69, 9.17) is 12.2 Å². The smallest absolute Gasteiger partial charge is 0.280 e. The van der Waals surface area contributed by atoms with Crippen LogP contribution in [0, 0.1) is 16.1 Å². The number of H-pyrrole nitrogens is 2. The first-order valence-corrected chi connectivity index (χ1v) is 6.71. The monoisotopic (exact) mass is 347 g/mol. The zero-order valence-electron chi connectivity index (χ0n) is 9.85. The zero-order valence-corrected chi connectivity index (χ0v) is 12.2. The van der Waals surface area contributed by atoms with Crippen LogP contribution >= 0.6 is 28.1 Å². The van der Waals surface area contributed by atoms with Crippen molar-refractivity contribution >= 4 is 33.8 Å². The molecule has 20 heavy (non-hydrogen) atoms. The number of benzene rings is 1. The SMILES string of the molecule is N#Cc1c(-c2ccc(Br)cc2)nc(=S)n2c(=O)[nH][nH]c12. The first-order chi connectivity index (χ1) is 9.61. The molecule has 0 fully saturated rings. The second-order valence-electron chi connectivity index (χ2n) is 3.98. The van der Waals surface area contributed by atoms with Crippen molar-refractivity contribution in [3.63, 3.8) is 0 Å². The third-order valence-electron chi connectivity index (χ3n) is 2.82. The summed E-state index contributed by atoms with van der Waals surface area (Å²) in [5.41, 5.74) is 1.33. The normalized spacial score (nSPS) is 10.6. The maximum absolute atomic E-state index is 11.6. The molecule has 0 aliphatic rings. The van der Waals surface area contributed by atoms with Gasteiger partial charge in [0.1, 0.15) is 11.6 Å². The third-order valence-corrected chi connectivity index (χ3v) is 3.62. The van der Waals surface area contributed by atoms with Crippen molar-refractivity contribution in [1.29, 1.82) is 5.26 Å². The van der Waals surface area contributed by atoms with E-state index in [1.807, 2.05) is 24.3 Å². The Balaban J connectivity index is 2.43. The van der Waals surface area contributed by atoms with Crippen molar-refractivity contribution in [1.82, 2.24) is 19.6 Å². The molecule has 2 N–H and O–H groups in total. The predicted octanol–water partition coefficient (Wildman–Crippen LogP) is 2.38. The van der Waals surface area contributed by atoms with Crippen LogP contribution in [0.1, 0.15) is 5.56 Å². The molecule has 0 unspecified atom stereocenters. The van der Waals surface area contributed by atoms with Gasteiger partial charge in [0.05, 0.1) is 5.69 Å². The number of aromatic amines is 2. The molecule has 0 spiro atoms. The predicted molar refractivity (Wildman–Crippen MR) is 78.8 cm³/mol. The van der Waals surface area contributed by atoms with Crippen molar-refractivity contribution in [2.24, 2.45) is 0 Å². The molecule has 6 nitrogen and oxygen atoms in total. The molecule has 0 amide bonds. The lowest BCUT2D eigenvalue weighted by molar-refractivity contribution is 0.979. The molecule has 0 saturated heterocycles. The van der Waals surface area contributed by atoms with E-state index < -0.39 is 5.69 Å². The summed E-state index contributed by atoms with van der Waals surface area (Å²) in [7, 11) is 0. The van der Waals surface area contributed by atoms with Crippen molar-refractivity contribution in [3.05, 3.63) is 49.6 Å². The second kappa shape index (κ2) is 4.70. The number of aromatic nitrogens is 4. The van der Waals surface area contributed by atoms with E-state index in [9.17, 15) is 10.1 Å². The second-order valence-corrected chi connectivity index (χ2v) is 5.26. The van der Waals surface area contributed by atoms with Crippen molar-refractivity contribution in [2.45, 2.75) is 0 Å².